The van der Waals surface area contributed by atoms with E-state index in [9.17, 15) is 9.90 Å². The molecule has 6 rings (SSSR count). The highest BCUT2D eigenvalue weighted by atomic mass is 16.5. The Balaban J connectivity index is 1.28. The number of methoxy groups -OCH3 is 1. The van der Waals surface area contributed by atoms with Crippen LogP contribution in [0.25, 0.3) is 33.3 Å². The highest BCUT2D eigenvalue weighted by Gasteiger charge is 2.22. The molecule has 1 N–H and O–H groups in total. The van der Waals surface area contributed by atoms with Crippen molar-refractivity contribution >= 4 is 27.8 Å². The van der Waals surface area contributed by atoms with Gasteiger partial charge in [0.15, 0.2) is 17.6 Å². The predicted octanol–water partition coefficient (Wildman–Crippen LogP) is 8.03. The maximum Gasteiger partial charge on any atom is 0.344 e. The number of carbonyl (C=O) groups is 1. The number of rotatable bonds is 12. The third-order valence-electron chi connectivity index (χ3n) is 7.70. The van der Waals surface area contributed by atoms with Gasteiger partial charge in [-0.1, -0.05) is 61.9 Å². The lowest BCUT2D eigenvalue weighted by Crippen LogP contribution is -2.26. The number of aryl methyl sites for hydroxylation is 1. The Morgan fingerprint density at radius 3 is 2.48 bits per heavy atom. The summed E-state index contributed by atoms with van der Waals surface area (Å²) >= 11 is 0. The van der Waals surface area contributed by atoms with Gasteiger partial charge < -0.3 is 28.3 Å². The van der Waals surface area contributed by atoms with Gasteiger partial charge in [-0.25, -0.2) is 9.78 Å². The predicted molar refractivity (Wildman–Crippen MR) is 170 cm³/mol. The standard InChI is InChI=1S/C36H34N2O6/c1-4-11-32(36(39)40)44-31-17-10-16-29-34(31)26-14-8-9-15-28(26)38(29)21-24-18-19-30(33(20-24)41-3)42-22-27-23(2)43-35(37-27)25-12-6-5-7-13-25/h5-10,12-20,32H,4,11,21-22H2,1-3H3,(H,39,40)/t32-/m0/s1. The number of benzene rings is 4. The second kappa shape index (κ2) is 12.6. The van der Waals surface area contributed by atoms with E-state index in [0.717, 1.165) is 38.6 Å². The second-order valence-electron chi connectivity index (χ2n) is 10.6. The molecule has 0 fully saturated rings. The van der Waals surface area contributed by atoms with E-state index < -0.39 is 12.1 Å². The topological polar surface area (TPSA) is 96.0 Å². The molecule has 0 amide bonds. The van der Waals surface area contributed by atoms with Gasteiger partial charge in [0.1, 0.15) is 23.8 Å². The zero-order chi connectivity index (χ0) is 30.6. The van der Waals surface area contributed by atoms with Gasteiger partial charge in [0.2, 0.25) is 5.89 Å². The maximum atomic E-state index is 11.9. The minimum Gasteiger partial charge on any atom is -0.493 e. The summed E-state index contributed by atoms with van der Waals surface area (Å²) in [6.07, 6.45) is 0.238. The molecular formula is C36H34N2O6. The fraction of sp³-hybridized carbons (Fsp3) is 0.222. The Morgan fingerprint density at radius 1 is 0.932 bits per heavy atom. The van der Waals surface area contributed by atoms with Gasteiger partial charge in [0.05, 0.1) is 12.6 Å². The van der Waals surface area contributed by atoms with Crippen LogP contribution in [0.5, 0.6) is 17.2 Å². The first kappa shape index (κ1) is 28.9. The molecule has 0 bridgehead atoms. The van der Waals surface area contributed by atoms with Crippen LogP contribution in [-0.2, 0) is 17.9 Å². The van der Waals surface area contributed by atoms with Crippen molar-refractivity contribution in [2.75, 3.05) is 7.11 Å². The molecule has 0 unspecified atom stereocenters. The summed E-state index contributed by atoms with van der Waals surface area (Å²) in [5, 5.41) is 11.6. The van der Waals surface area contributed by atoms with E-state index in [1.807, 2.05) is 98.8 Å². The van der Waals surface area contributed by atoms with Crippen molar-refractivity contribution in [2.24, 2.45) is 0 Å². The number of aliphatic carboxylic acids is 1. The van der Waals surface area contributed by atoms with Gasteiger partial charge in [0, 0.05) is 28.4 Å². The molecule has 0 aliphatic rings. The monoisotopic (exact) mass is 590 g/mol. The lowest BCUT2D eigenvalue weighted by atomic mass is 10.1. The van der Waals surface area contributed by atoms with Crippen molar-refractivity contribution in [3.8, 4) is 28.7 Å². The first-order valence-corrected chi connectivity index (χ1v) is 14.7. The summed E-state index contributed by atoms with van der Waals surface area (Å²) in [5.74, 6) is 2.09. The fourth-order valence-electron chi connectivity index (χ4n) is 5.51. The highest BCUT2D eigenvalue weighted by molar-refractivity contribution is 6.11. The van der Waals surface area contributed by atoms with Crippen LogP contribution in [0.15, 0.2) is 95.4 Å². The highest BCUT2D eigenvalue weighted by Crippen LogP contribution is 2.38. The second-order valence-corrected chi connectivity index (χ2v) is 10.6. The van der Waals surface area contributed by atoms with Crippen molar-refractivity contribution in [1.29, 1.82) is 0 Å². The van der Waals surface area contributed by atoms with E-state index in [1.165, 1.54) is 0 Å². The van der Waals surface area contributed by atoms with Crippen LogP contribution in [0.4, 0.5) is 0 Å². The number of carboxylic acids is 1. The summed E-state index contributed by atoms with van der Waals surface area (Å²) in [5.41, 5.74) is 4.63. The number of hydrogen-bond donors (Lipinski definition) is 1. The molecule has 0 radical (unpaired) electrons. The molecule has 0 saturated heterocycles. The van der Waals surface area contributed by atoms with E-state index in [2.05, 4.69) is 15.6 Å². The molecule has 4 aromatic carbocycles. The van der Waals surface area contributed by atoms with Crippen LogP contribution in [0.1, 0.15) is 36.8 Å². The summed E-state index contributed by atoms with van der Waals surface area (Å²) in [6, 6.07) is 29.6. The van der Waals surface area contributed by atoms with Crippen LogP contribution in [0.2, 0.25) is 0 Å². The van der Waals surface area contributed by atoms with Crippen molar-refractivity contribution < 1.29 is 28.5 Å². The third-order valence-corrected chi connectivity index (χ3v) is 7.70. The number of carboxylic acid groups (broad SMARTS) is 1. The largest absolute Gasteiger partial charge is 0.493 e. The minimum atomic E-state index is -0.961. The SMILES string of the molecule is CCC[C@H](Oc1cccc2c1c1ccccc1n2Cc1ccc(OCc2nc(-c3ccccc3)oc2C)c(OC)c1)C(=O)O. The van der Waals surface area contributed by atoms with Crippen molar-refractivity contribution in [3.05, 3.63) is 108 Å². The molecule has 0 aliphatic heterocycles. The summed E-state index contributed by atoms with van der Waals surface area (Å²) in [7, 11) is 1.63. The number of aromatic nitrogens is 2. The Hall–Kier alpha value is -5.24. The molecule has 6 aromatic rings. The zero-order valence-electron chi connectivity index (χ0n) is 24.9. The molecule has 1 atom stereocenters. The number of hydrogen-bond acceptors (Lipinski definition) is 6. The lowest BCUT2D eigenvalue weighted by Gasteiger charge is -2.16. The average Bonchev–Trinajstić information content (AvgIpc) is 3.58. The number of fused-ring (bicyclic) bond motifs is 3. The molecule has 2 aromatic heterocycles. The van der Waals surface area contributed by atoms with Crippen molar-refractivity contribution in [2.45, 2.75) is 45.9 Å². The number of ether oxygens (including phenoxy) is 3. The summed E-state index contributed by atoms with van der Waals surface area (Å²) < 4.78 is 26.1. The van der Waals surface area contributed by atoms with E-state index in [-0.39, 0.29) is 6.61 Å². The van der Waals surface area contributed by atoms with Crippen LogP contribution in [-0.4, -0.2) is 33.8 Å². The van der Waals surface area contributed by atoms with Crippen molar-refractivity contribution in [3.63, 3.8) is 0 Å². The van der Waals surface area contributed by atoms with Crippen molar-refractivity contribution in [1.82, 2.24) is 9.55 Å². The van der Waals surface area contributed by atoms with Gasteiger partial charge in [-0.05, 0) is 61.4 Å². The maximum absolute atomic E-state index is 11.9. The Morgan fingerprint density at radius 2 is 1.70 bits per heavy atom. The first-order valence-electron chi connectivity index (χ1n) is 14.7. The molecule has 44 heavy (non-hydrogen) atoms. The van der Waals surface area contributed by atoms with Gasteiger partial charge in [-0.15, -0.1) is 0 Å². The van der Waals surface area contributed by atoms with Crippen LogP contribution < -0.4 is 14.2 Å². The minimum absolute atomic E-state index is 0.239. The third kappa shape index (κ3) is 5.71. The van der Waals surface area contributed by atoms with Gasteiger partial charge in [-0.2, -0.15) is 0 Å². The molecule has 2 heterocycles. The lowest BCUT2D eigenvalue weighted by molar-refractivity contribution is -0.145. The van der Waals surface area contributed by atoms with E-state index in [1.54, 1.807) is 7.11 Å². The van der Waals surface area contributed by atoms with E-state index in [0.29, 0.717) is 48.3 Å². The van der Waals surface area contributed by atoms with E-state index in [4.69, 9.17) is 18.6 Å². The summed E-state index contributed by atoms with van der Waals surface area (Å²) in [4.78, 5) is 16.5. The molecule has 0 spiro atoms. The molecule has 0 saturated carbocycles. The Labute approximate surface area is 255 Å². The smallest absolute Gasteiger partial charge is 0.344 e. The normalized spacial score (nSPS) is 12.0. The van der Waals surface area contributed by atoms with E-state index >= 15 is 0 Å². The fourth-order valence-corrected chi connectivity index (χ4v) is 5.51. The molecular weight excluding hydrogens is 556 g/mol. The van der Waals surface area contributed by atoms with Crippen LogP contribution in [0.3, 0.4) is 0 Å². The quantitative estimate of drug-likeness (QED) is 0.154. The Kier molecular flexibility index (Phi) is 8.23. The van der Waals surface area contributed by atoms with Crippen LogP contribution in [0, 0.1) is 6.92 Å². The molecule has 0 aliphatic carbocycles. The number of oxazole rings is 1. The molecule has 8 heteroatoms. The van der Waals surface area contributed by atoms with Gasteiger partial charge >= 0.3 is 5.97 Å². The Bertz CT molecular complexity index is 1920. The molecule has 224 valence electrons. The van der Waals surface area contributed by atoms with Gasteiger partial charge in [0.25, 0.3) is 0 Å². The van der Waals surface area contributed by atoms with Crippen LogP contribution >= 0.6 is 0 Å². The number of para-hydroxylation sites is 1. The van der Waals surface area contributed by atoms with Gasteiger partial charge in [-0.3, -0.25) is 0 Å². The summed E-state index contributed by atoms with van der Waals surface area (Å²) in [6.45, 7) is 4.63. The molecule has 8 nitrogen and oxygen atoms in total. The average molecular weight is 591 g/mol. The zero-order valence-corrected chi connectivity index (χ0v) is 24.9. The number of nitrogens with zero attached hydrogens (tertiary/aromatic N) is 2. The first-order chi connectivity index (χ1) is 21.5.